The summed E-state index contributed by atoms with van der Waals surface area (Å²) in [5.74, 6) is -0.698. The summed E-state index contributed by atoms with van der Waals surface area (Å²) in [5, 5.41) is 12.3. The molecule has 0 saturated heterocycles. The van der Waals surface area contributed by atoms with Gasteiger partial charge in [-0.1, -0.05) is 0 Å². The van der Waals surface area contributed by atoms with Gasteiger partial charge >= 0.3 is 6.18 Å². The van der Waals surface area contributed by atoms with E-state index in [0.717, 1.165) is 0 Å². The fourth-order valence-electron chi connectivity index (χ4n) is 0.971. The van der Waals surface area contributed by atoms with Crippen molar-refractivity contribution >= 4 is 5.84 Å². The number of hydrogen-bond acceptors (Lipinski definition) is 2. The fraction of sp³-hybridized carbons (Fsp3) is 0.333. The number of aromatic amines is 1. The van der Waals surface area contributed by atoms with E-state index in [1.807, 2.05) is 0 Å². The lowest BCUT2D eigenvalue weighted by Crippen LogP contribution is -2.18. The van der Waals surface area contributed by atoms with Crippen molar-refractivity contribution in [1.82, 2.24) is 10.2 Å². The molecule has 0 saturated carbocycles. The molecule has 1 aromatic rings. The van der Waals surface area contributed by atoms with Gasteiger partial charge in [0.25, 0.3) is 0 Å². The van der Waals surface area contributed by atoms with Gasteiger partial charge in [-0.15, -0.1) is 0 Å². The van der Waals surface area contributed by atoms with Crippen molar-refractivity contribution in [2.45, 2.75) is 13.1 Å². The van der Waals surface area contributed by atoms with Crippen molar-refractivity contribution in [1.29, 1.82) is 5.41 Å². The Morgan fingerprint density at radius 1 is 1.54 bits per heavy atom. The first-order valence-electron chi connectivity index (χ1n) is 3.30. The van der Waals surface area contributed by atoms with Gasteiger partial charge in [-0.25, -0.2) is 0 Å². The molecule has 0 aliphatic heterocycles. The summed E-state index contributed by atoms with van der Waals surface area (Å²) in [6, 6.07) is 0. The summed E-state index contributed by atoms with van der Waals surface area (Å²) in [6.07, 6.45) is -4.53. The molecule has 13 heavy (non-hydrogen) atoms. The number of nitrogen functional groups attached to an aromatic ring is 1. The van der Waals surface area contributed by atoms with E-state index in [9.17, 15) is 13.2 Å². The number of rotatable bonds is 1. The first kappa shape index (κ1) is 9.56. The Morgan fingerprint density at radius 3 is 2.38 bits per heavy atom. The molecular weight excluding hydrogens is 185 g/mol. The third-order valence-corrected chi connectivity index (χ3v) is 1.49. The maximum atomic E-state index is 12.3. The van der Waals surface area contributed by atoms with Crippen LogP contribution in [-0.4, -0.2) is 16.0 Å². The number of nitrogens with two attached hydrogens (primary N) is 1. The van der Waals surface area contributed by atoms with Crippen LogP contribution < -0.4 is 5.73 Å². The zero-order chi connectivity index (χ0) is 10.2. The molecule has 1 rings (SSSR count). The maximum Gasteiger partial charge on any atom is 0.420 e. The van der Waals surface area contributed by atoms with Crippen molar-refractivity contribution in [2.24, 2.45) is 5.73 Å². The van der Waals surface area contributed by atoms with Gasteiger partial charge in [0.2, 0.25) is 0 Å². The number of nitrogens with one attached hydrogen (secondary N) is 2. The summed E-state index contributed by atoms with van der Waals surface area (Å²) in [6.45, 7) is 1.22. The third-order valence-electron chi connectivity index (χ3n) is 1.49. The average molecular weight is 192 g/mol. The molecule has 0 radical (unpaired) electrons. The minimum absolute atomic E-state index is 0.141. The topological polar surface area (TPSA) is 78.5 Å². The quantitative estimate of drug-likeness (QED) is 0.458. The number of hydrogen-bond donors (Lipinski definition) is 3. The number of alkyl halides is 3. The predicted molar refractivity (Wildman–Crippen MR) is 39.3 cm³/mol. The second-order valence-corrected chi connectivity index (χ2v) is 2.48. The standard InChI is InChI=1S/C6H7F3N4/c1-2-3(6(7,8)9)4(5(10)11)13-12-2/h1H3,(H3,10,11)(H,12,13). The molecule has 0 amide bonds. The second kappa shape index (κ2) is 2.75. The molecule has 0 fully saturated rings. The lowest BCUT2D eigenvalue weighted by molar-refractivity contribution is -0.138. The van der Waals surface area contributed by atoms with E-state index in [4.69, 9.17) is 11.1 Å². The Morgan fingerprint density at radius 2 is 2.08 bits per heavy atom. The van der Waals surface area contributed by atoms with Crippen LogP contribution in [0.5, 0.6) is 0 Å². The first-order chi connectivity index (χ1) is 5.84. The van der Waals surface area contributed by atoms with Gasteiger partial charge in [0.1, 0.15) is 17.1 Å². The van der Waals surface area contributed by atoms with Crippen molar-refractivity contribution < 1.29 is 13.2 Å². The molecule has 0 aliphatic rings. The predicted octanol–water partition coefficient (Wildman–Crippen LogP) is 1.02. The van der Waals surface area contributed by atoms with Gasteiger partial charge < -0.3 is 5.73 Å². The molecule has 4 nitrogen and oxygen atoms in total. The van der Waals surface area contributed by atoms with Crippen LogP contribution in [0.3, 0.4) is 0 Å². The normalized spacial score (nSPS) is 11.7. The second-order valence-electron chi connectivity index (χ2n) is 2.48. The zero-order valence-corrected chi connectivity index (χ0v) is 6.66. The molecule has 7 heteroatoms. The molecule has 0 aromatic carbocycles. The van der Waals surface area contributed by atoms with Crippen LogP contribution in [0.15, 0.2) is 0 Å². The van der Waals surface area contributed by atoms with Crippen LogP contribution in [0.1, 0.15) is 17.0 Å². The molecule has 1 heterocycles. The van der Waals surface area contributed by atoms with Crippen LogP contribution in [0, 0.1) is 12.3 Å². The highest BCUT2D eigenvalue weighted by atomic mass is 19.4. The Kier molecular flexibility index (Phi) is 2.02. The molecule has 0 spiro atoms. The fourth-order valence-corrected chi connectivity index (χ4v) is 0.971. The Labute approximate surface area is 71.4 Å². The zero-order valence-electron chi connectivity index (χ0n) is 6.66. The van der Waals surface area contributed by atoms with Crippen molar-refractivity contribution in [2.75, 3.05) is 0 Å². The number of H-pyrrole nitrogens is 1. The van der Waals surface area contributed by atoms with E-state index in [2.05, 4.69) is 10.2 Å². The van der Waals surface area contributed by atoms with Crippen LogP contribution in [-0.2, 0) is 6.18 Å². The van der Waals surface area contributed by atoms with Crippen molar-refractivity contribution in [3.8, 4) is 0 Å². The van der Waals surface area contributed by atoms with Gasteiger partial charge in [0.05, 0.1) is 0 Å². The van der Waals surface area contributed by atoms with Gasteiger partial charge in [-0.2, -0.15) is 18.3 Å². The van der Waals surface area contributed by atoms with E-state index in [0.29, 0.717) is 0 Å². The smallest absolute Gasteiger partial charge is 0.382 e. The number of nitrogens with zero attached hydrogens (tertiary/aromatic N) is 1. The summed E-state index contributed by atoms with van der Waals surface area (Å²) in [4.78, 5) is 0. The monoisotopic (exact) mass is 192 g/mol. The van der Waals surface area contributed by atoms with Crippen molar-refractivity contribution in [3.63, 3.8) is 0 Å². The molecule has 72 valence electrons. The maximum absolute atomic E-state index is 12.3. The van der Waals surface area contributed by atoms with Gasteiger partial charge in [-0.05, 0) is 6.92 Å². The molecule has 1 aromatic heterocycles. The molecule has 0 unspecified atom stereocenters. The van der Waals surface area contributed by atoms with E-state index in [1.165, 1.54) is 6.92 Å². The van der Waals surface area contributed by atoms with Gasteiger partial charge in [-0.3, -0.25) is 10.5 Å². The van der Waals surface area contributed by atoms with E-state index in [-0.39, 0.29) is 5.69 Å². The minimum atomic E-state index is -4.53. The SMILES string of the molecule is Cc1[nH]nc(C(=N)N)c1C(F)(F)F. The highest BCUT2D eigenvalue weighted by molar-refractivity contribution is 5.94. The third kappa shape index (κ3) is 1.63. The molecule has 0 atom stereocenters. The van der Waals surface area contributed by atoms with E-state index >= 15 is 0 Å². The average Bonchev–Trinajstić information content (AvgIpc) is 2.28. The number of halogens is 3. The van der Waals surface area contributed by atoms with Crippen molar-refractivity contribution in [3.05, 3.63) is 17.0 Å². The summed E-state index contributed by atoms with van der Waals surface area (Å²) in [5.41, 5.74) is 3.26. The van der Waals surface area contributed by atoms with Gasteiger partial charge in [0, 0.05) is 5.69 Å². The van der Waals surface area contributed by atoms with Crippen LogP contribution >= 0.6 is 0 Å². The molecule has 0 bridgehead atoms. The molecule has 0 aliphatic carbocycles. The lowest BCUT2D eigenvalue weighted by Gasteiger charge is -2.06. The molecule has 4 N–H and O–H groups in total. The summed E-state index contributed by atoms with van der Waals surface area (Å²) < 4.78 is 36.9. The lowest BCUT2D eigenvalue weighted by atomic mass is 10.2. The minimum Gasteiger partial charge on any atom is -0.382 e. The highest BCUT2D eigenvalue weighted by Gasteiger charge is 2.38. The Hall–Kier alpha value is -1.53. The number of aromatic nitrogens is 2. The molecular formula is C6H7F3N4. The first-order valence-corrected chi connectivity index (χ1v) is 3.30. The summed E-state index contributed by atoms with van der Waals surface area (Å²) in [7, 11) is 0. The highest BCUT2D eigenvalue weighted by Crippen LogP contribution is 2.32. The van der Waals surface area contributed by atoms with Crippen LogP contribution in [0.25, 0.3) is 0 Å². The number of amidine groups is 1. The van der Waals surface area contributed by atoms with E-state index in [1.54, 1.807) is 0 Å². The largest absolute Gasteiger partial charge is 0.420 e. The van der Waals surface area contributed by atoms with E-state index < -0.39 is 23.3 Å². The van der Waals surface area contributed by atoms with Gasteiger partial charge in [0.15, 0.2) is 0 Å². The number of aryl methyl sites for hydroxylation is 1. The Balaban J connectivity index is 3.33. The summed E-state index contributed by atoms with van der Waals surface area (Å²) >= 11 is 0. The Bertz CT molecular complexity index is 338. The van der Waals surface area contributed by atoms with Crippen LogP contribution in [0.2, 0.25) is 0 Å². The van der Waals surface area contributed by atoms with Crippen LogP contribution in [0.4, 0.5) is 13.2 Å².